The van der Waals surface area contributed by atoms with E-state index >= 15 is 0 Å². The normalized spacial score (nSPS) is 24.5. The molecule has 0 aromatic heterocycles. The molecule has 0 bridgehead atoms. The lowest BCUT2D eigenvalue weighted by Gasteiger charge is -2.32. The van der Waals surface area contributed by atoms with Crippen LogP contribution in [-0.4, -0.2) is 50.3 Å². The number of morpholine rings is 1. The van der Waals surface area contributed by atoms with E-state index in [1.54, 1.807) is 5.54 Å². The first-order valence-corrected chi connectivity index (χ1v) is 6.00. The maximum absolute atomic E-state index is 5.67. The summed E-state index contributed by atoms with van der Waals surface area (Å²) < 4.78 is 5.67. The fraction of sp³-hybridized carbons (Fsp3) is 0.818. The summed E-state index contributed by atoms with van der Waals surface area (Å²) in [5, 5.41) is 3.35. The van der Waals surface area contributed by atoms with Crippen LogP contribution in [0.25, 0.3) is 0 Å². The molecule has 1 aliphatic rings. The molecule has 1 N–H and O–H groups in total. The Hall–Kier alpha value is -0.0900. The Morgan fingerprint density at radius 1 is 1.67 bits per heavy atom. The van der Waals surface area contributed by atoms with Crippen molar-refractivity contribution in [2.24, 2.45) is 0 Å². The van der Waals surface area contributed by atoms with Gasteiger partial charge < -0.3 is 10.1 Å². The summed E-state index contributed by atoms with van der Waals surface area (Å²) >= 11 is 5.58. The third-order valence-corrected chi connectivity index (χ3v) is 3.00. The molecule has 1 aliphatic heterocycles. The molecule has 1 saturated heterocycles. The summed E-state index contributed by atoms with van der Waals surface area (Å²) in [4.78, 5) is 2.42. The SMILES string of the molecule is CCN1CCOC(CNCC(C)=CCl)C1. The standard InChI is InChI=1S/C11H21ClN2O/c1-3-14-4-5-15-11(9-14)8-13-7-10(2)6-12/h6,11,13H,3-5,7-9H2,1-2H3. The second-order valence-electron chi connectivity index (χ2n) is 3.97. The van der Waals surface area contributed by atoms with Crippen molar-refractivity contribution in [1.82, 2.24) is 10.2 Å². The molecule has 1 atom stereocenters. The molecule has 0 spiro atoms. The summed E-state index contributed by atoms with van der Waals surface area (Å²) in [5.74, 6) is 0. The summed E-state index contributed by atoms with van der Waals surface area (Å²) in [7, 11) is 0. The minimum Gasteiger partial charge on any atom is -0.374 e. The molecule has 0 aliphatic carbocycles. The molecule has 1 fully saturated rings. The number of ether oxygens (including phenoxy) is 1. The molecule has 0 aromatic rings. The molecule has 3 nitrogen and oxygen atoms in total. The third kappa shape index (κ3) is 4.98. The molecule has 1 heterocycles. The maximum Gasteiger partial charge on any atom is 0.0826 e. The van der Waals surface area contributed by atoms with E-state index in [4.69, 9.17) is 16.3 Å². The van der Waals surface area contributed by atoms with E-state index in [0.29, 0.717) is 6.10 Å². The highest BCUT2D eigenvalue weighted by Gasteiger charge is 2.18. The maximum atomic E-state index is 5.67. The van der Waals surface area contributed by atoms with Crippen LogP contribution in [0.1, 0.15) is 13.8 Å². The van der Waals surface area contributed by atoms with Gasteiger partial charge in [-0.3, -0.25) is 4.90 Å². The molecule has 4 heteroatoms. The van der Waals surface area contributed by atoms with Crippen LogP contribution in [-0.2, 0) is 4.74 Å². The smallest absolute Gasteiger partial charge is 0.0826 e. The largest absolute Gasteiger partial charge is 0.374 e. The zero-order chi connectivity index (χ0) is 11.1. The minimum atomic E-state index is 0.321. The molecule has 88 valence electrons. The van der Waals surface area contributed by atoms with Crippen LogP contribution in [0.15, 0.2) is 11.1 Å². The van der Waals surface area contributed by atoms with Crippen LogP contribution < -0.4 is 5.32 Å². The number of nitrogens with one attached hydrogen (secondary N) is 1. The van der Waals surface area contributed by atoms with E-state index in [-0.39, 0.29) is 0 Å². The van der Waals surface area contributed by atoms with E-state index in [1.807, 2.05) is 6.92 Å². The van der Waals surface area contributed by atoms with Crippen molar-refractivity contribution in [2.75, 3.05) is 39.3 Å². The van der Waals surface area contributed by atoms with Gasteiger partial charge in [-0.2, -0.15) is 0 Å². The molecule has 0 amide bonds. The van der Waals surface area contributed by atoms with Crippen molar-refractivity contribution in [1.29, 1.82) is 0 Å². The summed E-state index contributed by atoms with van der Waals surface area (Å²) in [6.07, 6.45) is 0.321. The van der Waals surface area contributed by atoms with Crippen LogP contribution in [0.5, 0.6) is 0 Å². The fourth-order valence-corrected chi connectivity index (χ4v) is 1.74. The second-order valence-corrected chi connectivity index (χ2v) is 4.19. The second kappa shape index (κ2) is 7.23. The monoisotopic (exact) mass is 232 g/mol. The highest BCUT2D eigenvalue weighted by molar-refractivity contribution is 6.25. The average molecular weight is 233 g/mol. The molecule has 0 aromatic carbocycles. The molecule has 0 saturated carbocycles. The van der Waals surface area contributed by atoms with Crippen LogP contribution in [0.2, 0.25) is 0 Å². The van der Waals surface area contributed by atoms with Crippen molar-refractivity contribution >= 4 is 11.6 Å². The Morgan fingerprint density at radius 2 is 2.47 bits per heavy atom. The first-order valence-electron chi connectivity index (χ1n) is 5.56. The Bertz CT molecular complexity index is 209. The predicted molar refractivity (Wildman–Crippen MR) is 64.3 cm³/mol. The number of nitrogens with zero attached hydrogens (tertiary/aromatic N) is 1. The first-order chi connectivity index (χ1) is 7.26. The van der Waals surface area contributed by atoms with Gasteiger partial charge in [0.15, 0.2) is 0 Å². The summed E-state index contributed by atoms with van der Waals surface area (Å²) in [6, 6.07) is 0. The molecule has 1 rings (SSSR count). The Kier molecular flexibility index (Phi) is 6.25. The van der Waals surface area contributed by atoms with Gasteiger partial charge in [0.1, 0.15) is 0 Å². The van der Waals surface area contributed by atoms with Crippen LogP contribution in [0.3, 0.4) is 0 Å². The van der Waals surface area contributed by atoms with Crippen LogP contribution >= 0.6 is 11.6 Å². The van der Waals surface area contributed by atoms with Crippen molar-refractivity contribution in [3.63, 3.8) is 0 Å². The number of likely N-dealkylation sites (N-methyl/N-ethyl adjacent to an activating group) is 1. The van der Waals surface area contributed by atoms with E-state index in [9.17, 15) is 0 Å². The summed E-state index contributed by atoms with van der Waals surface area (Å²) in [5.41, 5.74) is 2.77. The van der Waals surface area contributed by atoms with E-state index < -0.39 is 0 Å². The van der Waals surface area contributed by atoms with Gasteiger partial charge >= 0.3 is 0 Å². The van der Waals surface area contributed by atoms with Gasteiger partial charge in [-0.05, 0) is 19.0 Å². The highest BCUT2D eigenvalue weighted by atomic mass is 35.5. The first kappa shape index (κ1) is 13.0. The molecule has 1 unspecified atom stereocenters. The van der Waals surface area contributed by atoms with Gasteiger partial charge in [0.25, 0.3) is 0 Å². The van der Waals surface area contributed by atoms with Crippen molar-refractivity contribution in [3.05, 3.63) is 11.1 Å². The molecule has 0 radical (unpaired) electrons. The zero-order valence-electron chi connectivity index (χ0n) is 9.63. The van der Waals surface area contributed by atoms with Crippen LogP contribution in [0, 0.1) is 0 Å². The number of rotatable bonds is 5. The van der Waals surface area contributed by atoms with E-state index in [1.165, 1.54) is 0 Å². The number of hydrogen-bond donors (Lipinski definition) is 1. The van der Waals surface area contributed by atoms with Crippen molar-refractivity contribution in [2.45, 2.75) is 20.0 Å². The lowest BCUT2D eigenvalue weighted by Crippen LogP contribution is -2.46. The lowest BCUT2D eigenvalue weighted by atomic mass is 10.2. The zero-order valence-corrected chi connectivity index (χ0v) is 10.4. The molecule has 15 heavy (non-hydrogen) atoms. The highest BCUT2D eigenvalue weighted by Crippen LogP contribution is 2.03. The quantitative estimate of drug-likeness (QED) is 0.777. The summed E-state index contributed by atoms with van der Waals surface area (Å²) in [6.45, 7) is 10.0. The van der Waals surface area contributed by atoms with Gasteiger partial charge in [0.05, 0.1) is 12.7 Å². The Labute approximate surface area is 97.4 Å². The van der Waals surface area contributed by atoms with Crippen molar-refractivity contribution in [3.8, 4) is 0 Å². The van der Waals surface area contributed by atoms with Gasteiger partial charge in [-0.1, -0.05) is 18.5 Å². The topological polar surface area (TPSA) is 24.5 Å². The lowest BCUT2D eigenvalue weighted by molar-refractivity contribution is -0.0248. The van der Waals surface area contributed by atoms with Gasteiger partial charge in [0, 0.05) is 31.7 Å². The number of halogens is 1. The van der Waals surface area contributed by atoms with E-state index in [0.717, 1.165) is 44.9 Å². The molecular formula is C11H21ClN2O. The Balaban J connectivity index is 2.15. The van der Waals surface area contributed by atoms with E-state index in [2.05, 4.69) is 17.1 Å². The van der Waals surface area contributed by atoms with Gasteiger partial charge in [-0.15, -0.1) is 0 Å². The molecular weight excluding hydrogens is 212 g/mol. The predicted octanol–water partition coefficient (Wildman–Crippen LogP) is 1.44. The third-order valence-electron chi connectivity index (χ3n) is 2.63. The average Bonchev–Trinajstić information content (AvgIpc) is 2.29. The van der Waals surface area contributed by atoms with Crippen LogP contribution in [0.4, 0.5) is 0 Å². The van der Waals surface area contributed by atoms with Gasteiger partial charge in [-0.25, -0.2) is 0 Å². The Morgan fingerprint density at radius 3 is 3.13 bits per heavy atom. The number of hydrogen-bond acceptors (Lipinski definition) is 3. The minimum absolute atomic E-state index is 0.321. The van der Waals surface area contributed by atoms with Gasteiger partial charge in [0.2, 0.25) is 0 Å². The fourth-order valence-electron chi connectivity index (χ4n) is 1.66. The van der Waals surface area contributed by atoms with Crippen molar-refractivity contribution < 1.29 is 4.74 Å².